The molecule has 1 unspecified atom stereocenters. The Labute approximate surface area is 153 Å². The maximum Gasteiger partial charge on any atom is 0.332 e. The van der Waals surface area contributed by atoms with Crippen molar-refractivity contribution in [3.8, 4) is 0 Å². The van der Waals surface area contributed by atoms with Gasteiger partial charge in [0.25, 0.3) is 0 Å². The maximum absolute atomic E-state index is 11.3. The van der Waals surface area contributed by atoms with Crippen LogP contribution in [0.4, 0.5) is 0 Å². The Morgan fingerprint density at radius 2 is 1.41 bits per heavy atom. The Morgan fingerprint density at radius 1 is 0.852 bits per heavy atom. The van der Waals surface area contributed by atoms with E-state index >= 15 is 0 Å². The fourth-order valence-corrected chi connectivity index (χ4v) is 2.82. The molecule has 12 heteroatoms. The SMILES string of the molecule is C=CC(=O)OC1O[C@H](CO)[C@@H](O[C@@H]2O[C@H](CO)[C@@H](O)[C@H](O)[C@H]2O)[C@H](O)[C@H]1O. The fraction of sp³-hybridized carbons (Fsp3) is 0.800. The van der Waals surface area contributed by atoms with E-state index < -0.39 is 80.6 Å². The number of rotatable bonds is 6. The summed E-state index contributed by atoms with van der Waals surface area (Å²) in [5, 5.41) is 68.5. The highest BCUT2D eigenvalue weighted by Crippen LogP contribution is 2.29. The van der Waals surface area contributed by atoms with Gasteiger partial charge in [0.2, 0.25) is 6.29 Å². The average Bonchev–Trinajstić information content (AvgIpc) is 2.67. The van der Waals surface area contributed by atoms with E-state index in [1.165, 1.54) is 0 Å². The number of esters is 1. The summed E-state index contributed by atoms with van der Waals surface area (Å²) in [5.74, 6) is -0.934. The quantitative estimate of drug-likeness (QED) is 0.168. The molecule has 2 rings (SSSR count). The van der Waals surface area contributed by atoms with Gasteiger partial charge in [-0.1, -0.05) is 6.58 Å². The van der Waals surface area contributed by atoms with E-state index in [1.807, 2.05) is 0 Å². The van der Waals surface area contributed by atoms with Gasteiger partial charge in [0.1, 0.15) is 48.8 Å². The minimum absolute atomic E-state index is 0.694. The van der Waals surface area contributed by atoms with Gasteiger partial charge in [-0.25, -0.2) is 4.79 Å². The third-order valence-corrected chi connectivity index (χ3v) is 4.36. The summed E-state index contributed by atoms with van der Waals surface area (Å²) in [6.45, 7) is 1.76. The van der Waals surface area contributed by atoms with Crippen LogP contribution in [0, 0.1) is 0 Å². The largest absolute Gasteiger partial charge is 0.430 e. The highest BCUT2D eigenvalue weighted by Gasteiger charge is 2.51. The Hall–Kier alpha value is -1.19. The van der Waals surface area contributed by atoms with Crippen molar-refractivity contribution in [2.75, 3.05) is 13.2 Å². The number of carbonyl (C=O) groups excluding carboxylic acids is 1. The lowest BCUT2D eigenvalue weighted by Crippen LogP contribution is -2.64. The molecule has 0 aromatic rings. The predicted molar refractivity (Wildman–Crippen MR) is 82.7 cm³/mol. The summed E-state index contributed by atoms with van der Waals surface area (Å²) in [5.41, 5.74) is 0. The van der Waals surface area contributed by atoms with Gasteiger partial charge in [-0.2, -0.15) is 0 Å². The molecule has 2 fully saturated rings. The van der Waals surface area contributed by atoms with Crippen molar-refractivity contribution in [1.29, 1.82) is 0 Å². The zero-order valence-electron chi connectivity index (χ0n) is 14.1. The Bertz CT molecular complexity index is 511. The number of aliphatic hydroxyl groups is 7. The van der Waals surface area contributed by atoms with Crippen molar-refractivity contribution in [2.24, 2.45) is 0 Å². The second-order valence-electron chi connectivity index (χ2n) is 6.15. The van der Waals surface area contributed by atoms with Gasteiger partial charge in [-0.3, -0.25) is 0 Å². The van der Waals surface area contributed by atoms with Crippen LogP contribution in [-0.2, 0) is 23.7 Å². The Balaban J connectivity index is 2.12. The highest BCUT2D eigenvalue weighted by atomic mass is 16.7. The average molecular weight is 396 g/mol. The highest BCUT2D eigenvalue weighted by molar-refractivity contribution is 5.81. The van der Waals surface area contributed by atoms with Crippen LogP contribution in [0.3, 0.4) is 0 Å². The second kappa shape index (κ2) is 9.34. The Kier molecular flexibility index (Phi) is 7.64. The second-order valence-corrected chi connectivity index (χ2v) is 6.15. The molecule has 7 N–H and O–H groups in total. The first-order chi connectivity index (χ1) is 12.7. The van der Waals surface area contributed by atoms with Gasteiger partial charge in [0.05, 0.1) is 13.2 Å². The molecule has 2 aliphatic rings. The third kappa shape index (κ3) is 4.63. The molecule has 0 spiro atoms. The fourth-order valence-electron chi connectivity index (χ4n) is 2.82. The van der Waals surface area contributed by atoms with E-state index in [1.54, 1.807) is 0 Å². The molecule has 0 saturated carbocycles. The lowest BCUT2D eigenvalue weighted by atomic mass is 9.97. The van der Waals surface area contributed by atoms with Gasteiger partial charge < -0.3 is 54.7 Å². The zero-order valence-corrected chi connectivity index (χ0v) is 14.1. The van der Waals surface area contributed by atoms with Gasteiger partial charge in [-0.15, -0.1) is 0 Å². The van der Waals surface area contributed by atoms with Gasteiger partial charge in [0, 0.05) is 6.08 Å². The van der Waals surface area contributed by atoms with E-state index in [4.69, 9.17) is 18.9 Å². The van der Waals surface area contributed by atoms with Crippen molar-refractivity contribution in [2.45, 2.75) is 61.4 Å². The molecule has 12 nitrogen and oxygen atoms in total. The van der Waals surface area contributed by atoms with Crippen molar-refractivity contribution in [1.82, 2.24) is 0 Å². The van der Waals surface area contributed by atoms with Crippen molar-refractivity contribution >= 4 is 5.97 Å². The maximum atomic E-state index is 11.3. The lowest BCUT2D eigenvalue weighted by molar-refractivity contribution is -0.355. The first-order valence-electron chi connectivity index (χ1n) is 8.16. The third-order valence-electron chi connectivity index (χ3n) is 4.36. The molecule has 0 aliphatic carbocycles. The summed E-state index contributed by atoms with van der Waals surface area (Å²) in [6.07, 6.45) is -15.1. The first-order valence-corrected chi connectivity index (χ1v) is 8.16. The van der Waals surface area contributed by atoms with Crippen LogP contribution in [0.2, 0.25) is 0 Å². The smallest absolute Gasteiger partial charge is 0.332 e. The molecule has 0 bridgehead atoms. The summed E-state index contributed by atoms with van der Waals surface area (Å²) in [4.78, 5) is 11.3. The van der Waals surface area contributed by atoms with Crippen LogP contribution in [0.15, 0.2) is 12.7 Å². The van der Waals surface area contributed by atoms with Crippen LogP contribution in [0.25, 0.3) is 0 Å². The van der Waals surface area contributed by atoms with Gasteiger partial charge >= 0.3 is 5.97 Å². The van der Waals surface area contributed by atoms with Gasteiger partial charge in [0.15, 0.2) is 6.29 Å². The van der Waals surface area contributed by atoms with Crippen molar-refractivity contribution < 1.29 is 59.5 Å². The van der Waals surface area contributed by atoms with Gasteiger partial charge in [-0.05, 0) is 0 Å². The molecular weight excluding hydrogens is 372 g/mol. The molecule has 2 heterocycles. The molecule has 156 valence electrons. The Morgan fingerprint density at radius 3 is 1.96 bits per heavy atom. The minimum atomic E-state index is -1.77. The summed E-state index contributed by atoms with van der Waals surface area (Å²) in [6, 6.07) is 0. The van der Waals surface area contributed by atoms with E-state index in [2.05, 4.69) is 6.58 Å². The monoisotopic (exact) mass is 396 g/mol. The molecular formula is C15H24O12. The molecule has 0 radical (unpaired) electrons. The van der Waals surface area contributed by atoms with Crippen LogP contribution in [0.5, 0.6) is 0 Å². The first kappa shape index (κ1) is 22.1. The zero-order chi connectivity index (χ0) is 20.3. The number of hydrogen-bond donors (Lipinski definition) is 7. The summed E-state index contributed by atoms with van der Waals surface area (Å²) in [7, 11) is 0. The van der Waals surface area contributed by atoms with Crippen LogP contribution in [-0.4, -0.2) is 116 Å². The standard InChI is InChI=1S/C15H24O12/c1-2-7(18)26-14-12(23)10(21)13(6(4-17)25-14)27-15-11(22)9(20)8(19)5(3-16)24-15/h2,5-6,8-17,19-23H,1,3-4H2/t5-,6-,8-,9+,10-,11-,12-,13-,14?,15+/m1/s1. The van der Waals surface area contributed by atoms with E-state index in [-0.39, 0.29) is 0 Å². The molecule has 2 aliphatic heterocycles. The van der Waals surface area contributed by atoms with Crippen LogP contribution in [0.1, 0.15) is 0 Å². The van der Waals surface area contributed by atoms with Crippen molar-refractivity contribution in [3.05, 3.63) is 12.7 Å². The summed E-state index contributed by atoms with van der Waals surface area (Å²) >= 11 is 0. The minimum Gasteiger partial charge on any atom is -0.430 e. The normalized spacial score (nSPS) is 45.3. The molecule has 0 aromatic heterocycles. The molecule has 10 atom stereocenters. The molecule has 2 saturated heterocycles. The number of aliphatic hydroxyl groups excluding tert-OH is 7. The van der Waals surface area contributed by atoms with Crippen LogP contribution >= 0.6 is 0 Å². The summed E-state index contributed by atoms with van der Waals surface area (Å²) < 4.78 is 20.5. The van der Waals surface area contributed by atoms with E-state index in [0.717, 1.165) is 6.08 Å². The van der Waals surface area contributed by atoms with Crippen molar-refractivity contribution in [3.63, 3.8) is 0 Å². The van der Waals surface area contributed by atoms with Crippen LogP contribution < -0.4 is 0 Å². The lowest BCUT2D eigenvalue weighted by Gasteiger charge is -2.45. The van der Waals surface area contributed by atoms with E-state index in [9.17, 15) is 40.5 Å². The molecule has 27 heavy (non-hydrogen) atoms. The number of hydrogen-bond acceptors (Lipinski definition) is 12. The molecule has 0 amide bonds. The number of ether oxygens (including phenoxy) is 4. The number of carbonyl (C=O) groups is 1. The van der Waals surface area contributed by atoms with E-state index in [0.29, 0.717) is 0 Å². The predicted octanol–water partition coefficient (Wildman–Crippen LogP) is -4.66. The molecule has 0 aromatic carbocycles. The topological polar surface area (TPSA) is 196 Å².